The van der Waals surface area contributed by atoms with Gasteiger partial charge in [0.05, 0.1) is 0 Å². The monoisotopic (exact) mass is 398 g/mol. The SMILES string of the molecule is O=C(/C=C/c1ccc(C(=O)NC2CC2)cc1)Nc1cccc(Oc2ccccc2)c1. The second kappa shape index (κ2) is 9.09. The van der Waals surface area contributed by atoms with Gasteiger partial charge in [-0.2, -0.15) is 0 Å². The summed E-state index contributed by atoms with van der Waals surface area (Å²) in [6.45, 7) is 0. The lowest BCUT2D eigenvalue weighted by Crippen LogP contribution is -2.25. The first-order chi connectivity index (χ1) is 14.7. The van der Waals surface area contributed by atoms with Crippen LogP contribution in [0.5, 0.6) is 11.5 Å². The Morgan fingerprint density at radius 2 is 1.60 bits per heavy atom. The number of nitrogens with one attached hydrogen (secondary N) is 2. The number of ether oxygens (including phenoxy) is 1. The topological polar surface area (TPSA) is 67.4 Å². The summed E-state index contributed by atoms with van der Waals surface area (Å²) in [7, 11) is 0. The lowest BCUT2D eigenvalue weighted by atomic mass is 10.1. The van der Waals surface area contributed by atoms with Gasteiger partial charge in [0.2, 0.25) is 5.91 Å². The van der Waals surface area contributed by atoms with Crippen LogP contribution in [0.4, 0.5) is 5.69 Å². The summed E-state index contributed by atoms with van der Waals surface area (Å²) >= 11 is 0. The molecule has 4 rings (SSSR count). The number of hydrogen-bond donors (Lipinski definition) is 2. The molecule has 3 aromatic carbocycles. The molecule has 5 heteroatoms. The summed E-state index contributed by atoms with van der Waals surface area (Å²) in [6, 6.07) is 24.2. The highest BCUT2D eigenvalue weighted by Gasteiger charge is 2.23. The number of carbonyl (C=O) groups excluding carboxylic acids is 2. The maximum absolute atomic E-state index is 12.3. The zero-order valence-corrected chi connectivity index (χ0v) is 16.4. The lowest BCUT2D eigenvalue weighted by molar-refractivity contribution is -0.111. The molecule has 2 amide bonds. The van der Waals surface area contributed by atoms with Crippen molar-refractivity contribution in [2.24, 2.45) is 0 Å². The molecule has 1 saturated carbocycles. The minimum atomic E-state index is -0.248. The normalized spacial score (nSPS) is 13.1. The van der Waals surface area contributed by atoms with Gasteiger partial charge in [0.1, 0.15) is 11.5 Å². The molecule has 0 spiro atoms. The van der Waals surface area contributed by atoms with E-state index >= 15 is 0 Å². The van der Waals surface area contributed by atoms with Crippen LogP contribution in [0, 0.1) is 0 Å². The molecule has 5 nitrogen and oxygen atoms in total. The molecule has 0 radical (unpaired) electrons. The van der Waals surface area contributed by atoms with Crippen LogP contribution in [0.15, 0.2) is 84.9 Å². The number of hydrogen-bond acceptors (Lipinski definition) is 3. The summed E-state index contributed by atoms with van der Waals surface area (Å²) in [6.07, 6.45) is 5.29. The van der Waals surface area contributed by atoms with Crippen molar-refractivity contribution in [3.05, 3.63) is 96.1 Å². The summed E-state index contributed by atoms with van der Waals surface area (Å²) in [4.78, 5) is 24.3. The molecule has 1 aliphatic rings. The second-order valence-corrected chi connectivity index (χ2v) is 7.14. The molecule has 0 heterocycles. The van der Waals surface area contributed by atoms with Gasteiger partial charge in [-0.05, 0) is 60.9 Å². The van der Waals surface area contributed by atoms with Gasteiger partial charge in [-0.15, -0.1) is 0 Å². The van der Waals surface area contributed by atoms with Crippen molar-refractivity contribution in [1.29, 1.82) is 0 Å². The predicted molar refractivity (Wildman–Crippen MR) is 118 cm³/mol. The van der Waals surface area contributed by atoms with Gasteiger partial charge in [0.15, 0.2) is 0 Å². The summed E-state index contributed by atoms with van der Waals surface area (Å²) in [5.41, 5.74) is 2.11. The molecule has 2 N–H and O–H groups in total. The van der Waals surface area contributed by atoms with Gasteiger partial charge in [-0.1, -0.05) is 36.4 Å². The van der Waals surface area contributed by atoms with E-state index in [9.17, 15) is 9.59 Å². The Morgan fingerprint density at radius 3 is 2.33 bits per heavy atom. The van der Waals surface area contributed by atoms with Crippen molar-refractivity contribution in [2.75, 3.05) is 5.32 Å². The summed E-state index contributed by atoms with van der Waals surface area (Å²) < 4.78 is 5.79. The number of carbonyl (C=O) groups is 2. The maximum Gasteiger partial charge on any atom is 0.251 e. The van der Waals surface area contributed by atoms with E-state index in [-0.39, 0.29) is 11.8 Å². The van der Waals surface area contributed by atoms with E-state index in [1.165, 1.54) is 6.08 Å². The molecule has 0 aromatic heterocycles. The molecule has 0 saturated heterocycles. The first kappa shape index (κ1) is 19.5. The van der Waals surface area contributed by atoms with E-state index in [0.29, 0.717) is 23.0 Å². The van der Waals surface area contributed by atoms with E-state index in [1.54, 1.807) is 30.3 Å². The van der Waals surface area contributed by atoms with Crippen LogP contribution < -0.4 is 15.4 Å². The quantitative estimate of drug-likeness (QED) is 0.549. The van der Waals surface area contributed by atoms with Crippen molar-refractivity contribution in [3.8, 4) is 11.5 Å². The standard InChI is InChI=1S/C25H22N2O3/c28-24(16-11-18-9-12-19(13-10-18)25(29)27-20-14-15-20)26-21-5-4-8-23(17-21)30-22-6-2-1-3-7-22/h1-13,16-17,20H,14-15H2,(H,26,28)(H,27,29)/b16-11+. The zero-order chi connectivity index (χ0) is 20.8. The average Bonchev–Trinajstić information content (AvgIpc) is 3.58. The molecule has 1 fully saturated rings. The van der Waals surface area contributed by atoms with Crippen LogP contribution in [0.2, 0.25) is 0 Å². The van der Waals surface area contributed by atoms with Gasteiger partial charge >= 0.3 is 0 Å². The van der Waals surface area contributed by atoms with Crippen LogP contribution in [0.1, 0.15) is 28.8 Å². The predicted octanol–water partition coefficient (Wildman–Crippen LogP) is 5.02. The van der Waals surface area contributed by atoms with E-state index in [0.717, 1.165) is 24.2 Å². The molecular weight excluding hydrogens is 376 g/mol. The van der Waals surface area contributed by atoms with Crippen molar-refractivity contribution in [1.82, 2.24) is 5.32 Å². The largest absolute Gasteiger partial charge is 0.457 e. The third-order valence-electron chi connectivity index (χ3n) is 4.59. The van der Waals surface area contributed by atoms with Crippen molar-refractivity contribution >= 4 is 23.6 Å². The van der Waals surface area contributed by atoms with Crippen molar-refractivity contribution in [2.45, 2.75) is 18.9 Å². The Hall–Kier alpha value is -3.86. The van der Waals surface area contributed by atoms with Crippen LogP contribution >= 0.6 is 0 Å². The molecule has 0 atom stereocenters. The fraction of sp³-hybridized carbons (Fsp3) is 0.120. The second-order valence-electron chi connectivity index (χ2n) is 7.14. The fourth-order valence-corrected chi connectivity index (χ4v) is 2.86. The molecular formula is C25H22N2O3. The highest BCUT2D eigenvalue weighted by atomic mass is 16.5. The number of benzene rings is 3. The molecule has 1 aliphatic carbocycles. The Morgan fingerprint density at radius 1 is 0.867 bits per heavy atom. The first-order valence-electron chi connectivity index (χ1n) is 9.89. The molecule has 150 valence electrons. The van der Waals surface area contributed by atoms with Crippen molar-refractivity contribution < 1.29 is 14.3 Å². The van der Waals surface area contributed by atoms with E-state index in [1.807, 2.05) is 54.6 Å². The summed E-state index contributed by atoms with van der Waals surface area (Å²) in [5, 5.41) is 5.78. The number of amides is 2. The molecule has 30 heavy (non-hydrogen) atoms. The van der Waals surface area contributed by atoms with Gasteiger partial charge in [-0.25, -0.2) is 0 Å². The van der Waals surface area contributed by atoms with E-state index in [2.05, 4.69) is 10.6 Å². The summed E-state index contributed by atoms with van der Waals surface area (Å²) in [5.74, 6) is 1.07. The Labute approximate surface area is 175 Å². The van der Waals surface area contributed by atoms with E-state index < -0.39 is 0 Å². The Bertz CT molecular complexity index is 1060. The van der Waals surface area contributed by atoms with Crippen molar-refractivity contribution in [3.63, 3.8) is 0 Å². The average molecular weight is 398 g/mol. The molecule has 0 aliphatic heterocycles. The third kappa shape index (κ3) is 5.58. The Kier molecular flexibility index (Phi) is 5.90. The number of para-hydroxylation sites is 1. The Balaban J connectivity index is 1.33. The first-order valence-corrected chi connectivity index (χ1v) is 9.89. The highest BCUT2D eigenvalue weighted by Crippen LogP contribution is 2.24. The fourth-order valence-electron chi connectivity index (χ4n) is 2.86. The van der Waals surface area contributed by atoms with Crippen LogP contribution in [-0.2, 0) is 4.79 Å². The third-order valence-corrected chi connectivity index (χ3v) is 4.59. The zero-order valence-electron chi connectivity index (χ0n) is 16.4. The lowest BCUT2D eigenvalue weighted by Gasteiger charge is -2.08. The smallest absolute Gasteiger partial charge is 0.251 e. The van der Waals surface area contributed by atoms with E-state index in [4.69, 9.17) is 4.74 Å². The van der Waals surface area contributed by atoms with Gasteiger partial charge in [-0.3, -0.25) is 9.59 Å². The minimum absolute atomic E-state index is 0.0524. The van der Waals surface area contributed by atoms with Gasteiger partial charge in [0, 0.05) is 29.4 Å². The molecule has 3 aromatic rings. The van der Waals surface area contributed by atoms with Gasteiger partial charge < -0.3 is 15.4 Å². The molecule has 0 bridgehead atoms. The minimum Gasteiger partial charge on any atom is -0.457 e. The van der Waals surface area contributed by atoms with Crippen LogP contribution in [0.3, 0.4) is 0 Å². The molecule has 0 unspecified atom stereocenters. The van der Waals surface area contributed by atoms with Crippen LogP contribution in [-0.4, -0.2) is 17.9 Å². The van der Waals surface area contributed by atoms with Gasteiger partial charge in [0.25, 0.3) is 5.91 Å². The highest BCUT2D eigenvalue weighted by molar-refractivity contribution is 6.02. The maximum atomic E-state index is 12.3. The number of rotatable bonds is 7. The van der Waals surface area contributed by atoms with Crippen LogP contribution in [0.25, 0.3) is 6.08 Å². The number of anilines is 1.